The molecule has 0 radical (unpaired) electrons. The standard InChI is InChI=1S/C19H28N2O2S/c22-14-16-8-12-21(13-9-16)18(23)20-15-19(10-4-5-11-19)24-17-6-2-1-3-7-17/h1-3,6-7,16,22H,4-5,8-15H2,(H,20,23). The van der Waals surface area contributed by atoms with Crippen molar-refractivity contribution >= 4 is 17.8 Å². The smallest absolute Gasteiger partial charge is 0.317 e. The quantitative estimate of drug-likeness (QED) is 0.856. The zero-order chi connectivity index (χ0) is 16.8. The number of carbonyl (C=O) groups is 1. The number of hydrogen-bond acceptors (Lipinski definition) is 3. The second kappa shape index (κ2) is 8.26. The Balaban J connectivity index is 1.53. The Morgan fingerprint density at radius 2 is 1.88 bits per heavy atom. The number of urea groups is 1. The van der Waals surface area contributed by atoms with Gasteiger partial charge in [-0.15, -0.1) is 11.8 Å². The Kier molecular flexibility index (Phi) is 6.06. The number of hydrogen-bond donors (Lipinski definition) is 2. The van der Waals surface area contributed by atoms with E-state index in [2.05, 4.69) is 29.6 Å². The molecule has 1 saturated heterocycles. The third kappa shape index (κ3) is 4.45. The number of piperidine rings is 1. The number of likely N-dealkylation sites (tertiary alicyclic amines) is 1. The highest BCUT2D eigenvalue weighted by atomic mass is 32.2. The van der Waals surface area contributed by atoms with Crippen molar-refractivity contribution in [2.75, 3.05) is 26.2 Å². The number of benzene rings is 1. The predicted molar refractivity (Wildman–Crippen MR) is 98.3 cm³/mol. The third-order valence-corrected chi connectivity index (χ3v) is 6.81. The number of nitrogens with one attached hydrogen (secondary N) is 1. The van der Waals surface area contributed by atoms with Crippen molar-refractivity contribution in [2.24, 2.45) is 5.92 Å². The molecule has 2 amide bonds. The molecule has 5 heteroatoms. The lowest BCUT2D eigenvalue weighted by atomic mass is 9.98. The van der Waals surface area contributed by atoms with E-state index in [1.807, 2.05) is 22.7 Å². The molecule has 3 rings (SSSR count). The van der Waals surface area contributed by atoms with Gasteiger partial charge >= 0.3 is 6.03 Å². The molecule has 4 nitrogen and oxygen atoms in total. The van der Waals surface area contributed by atoms with Crippen LogP contribution in [0.2, 0.25) is 0 Å². The highest BCUT2D eigenvalue weighted by Crippen LogP contribution is 2.44. The molecule has 24 heavy (non-hydrogen) atoms. The SMILES string of the molecule is O=C(NCC1(Sc2ccccc2)CCCC1)N1CCC(CO)CC1. The van der Waals surface area contributed by atoms with Crippen LogP contribution in [0.3, 0.4) is 0 Å². The van der Waals surface area contributed by atoms with Gasteiger partial charge in [0.1, 0.15) is 0 Å². The predicted octanol–water partition coefficient (Wildman–Crippen LogP) is 3.51. The molecule has 1 saturated carbocycles. The minimum Gasteiger partial charge on any atom is -0.396 e. The monoisotopic (exact) mass is 348 g/mol. The molecule has 0 unspecified atom stereocenters. The first kappa shape index (κ1) is 17.6. The summed E-state index contributed by atoms with van der Waals surface area (Å²) in [7, 11) is 0. The summed E-state index contributed by atoms with van der Waals surface area (Å²) in [5, 5.41) is 12.4. The van der Waals surface area contributed by atoms with Gasteiger partial charge in [-0.25, -0.2) is 4.79 Å². The van der Waals surface area contributed by atoms with Gasteiger partial charge in [-0.05, 0) is 43.7 Å². The van der Waals surface area contributed by atoms with E-state index in [4.69, 9.17) is 0 Å². The Morgan fingerprint density at radius 3 is 2.50 bits per heavy atom. The molecule has 1 aromatic rings. The maximum absolute atomic E-state index is 12.5. The van der Waals surface area contributed by atoms with Crippen LogP contribution in [0.1, 0.15) is 38.5 Å². The van der Waals surface area contributed by atoms with E-state index in [-0.39, 0.29) is 17.4 Å². The van der Waals surface area contributed by atoms with E-state index in [1.54, 1.807) is 0 Å². The number of amides is 2. The van der Waals surface area contributed by atoms with Crippen molar-refractivity contribution in [3.63, 3.8) is 0 Å². The first-order chi connectivity index (χ1) is 11.7. The average molecular weight is 349 g/mol. The van der Waals surface area contributed by atoms with Crippen LogP contribution in [-0.4, -0.2) is 47.0 Å². The molecule has 1 aliphatic carbocycles. The number of nitrogens with zero attached hydrogens (tertiary/aromatic N) is 1. The molecule has 0 atom stereocenters. The number of rotatable bonds is 5. The van der Waals surface area contributed by atoms with Crippen LogP contribution in [0.4, 0.5) is 4.79 Å². The molecule has 2 N–H and O–H groups in total. The summed E-state index contributed by atoms with van der Waals surface area (Å²) in [6.45, 7) is 2.50. The number of aliphatic hydroxyl groups is 1. The Morgan fingerprint density at radius 1 is 1.21 bits per heavy atom. The summed E-state index contributed by atoms with van der Waals surface area (Å²) in [4.78, 5) is 15.7. The summed E-state index contributed by atoms with van der Waals surface area (Å²) in [5.41, 5.74) is 0. The minimum absolute atomic E-state index is 0.0614. The molecule has 1 aliphatic heterocycles. The molecular weight excluding hydrogens is 320 g/mol. The van der Waals surface area contributed by atoms with Crippen LogP contribution >= 0.6 is 11.8 Å². The molecule has 2 fully saturated rings. The van der Waals surface area contributed by atoms with Crippen molar-refractivity contribution in [1.82, 2.24) is 10.2 Å². The summed E-state index contributed by atoms with van der Waals surface area (Å²) < 4.78 is 0.139. The number of thioether (sulfide) groups is 1. The van der Waals surface area contributed by atoms with Gasteiger partial charge in [0.2, 0.25) is 0 Å². The van der Waals surface area contributed by atoms with Gasteiger partial charge in [-0.2, -0.15) is 0 Å². The van der Waals surface area contributed by atoms with E-state index >= 15 is 0 Å². The first-order valence-corrected chi connectivity index (χ1v) is 9.90. The highest BCUT2D eigenvalue weighted by molar-refractivity contribution is 8.00. The minimum atomic E-state index is 0.0614. The maximum Gasteiger partial charge on any atom is 0.317 e. The van der Waals surface area contributed by atoms with Crippen LogP contribution in [-0.2, 0) is 0 Å². The van der Waals surface area contributed by atoms with Gasteiger partial charge in [0.15, 0.2) is 0 Å². The van der Waals surface area contributed by atoms with Gasteiger partial charge in [-0.3, -0.25) is 0 Å². The molecular formula is C19H28N2O2S. The van der Waals surface area contributed by atoms with Crippen LogP contribution in [0.15, 0.2) is 35.2 Å². The zero-order valence-electron chi connectivity index (χ0n) is 14.2. The second-order valence-electron chi connectivity index (χ2n) is 7.08. The van der Waals surface area contributed by atoms with Gasteiger partial charge in [0, 0.05) is 35.9 Å². The molecule has 0 spiro atoms. The zero-order valence-corrected chi connectivity index (χ0v) is 15.1. The molecule has 1 heterocycles. The van der Waals surface area contributed by atoms with Crippen LogP contribution in [0.25, 0.3) is 0 Å². The van der Waals surface area contributed by atoms with Crippen molar-refractivity contribution < 1.29 is 9.90 Å². The maximum atomic E-state index is 12.5. The fourth-order valence-corrected chi connectivity index (χ4v) is 5.17. The fraction of sp³-hybridized carbons (Fsp3) is 0.632. The van der Waals surface area contributed by atoms with E-state index in [9.17, 15) is 9.90 Å². The summed E-state index contributed by atoms with van der Waals surface area (Å²) in [6, 6.07) is 10.6. The van der Waals surface area contributed by atoms with Gasteiger partial charge in [0.25, 0.3) is 0 Å². The van der Waals surface area contributed by atoms with E-state index in [0.29, 0.717) is 5.92 Å². The lowest BCUT2D eigenvalue weighted by Gasteiger charge is -2.33. The molecule has 132 valence electrons. The molecule has 1 aromatic carbocycles. The Hall–Kier alpha value is -1.20. The first-order valence-electron chi connectivity index (χ1n) is 9.08. The van der Waals surface area contributed by atoms with Crippen LogP contribution in [0.5, 0.6) is 0 Å². The van der Waals surface area contributed by atoms with E-state index < -0.39 is 0 Å². The Labute approximate surface area is 149 Å². The van der Waals surface area contributed by atoms with Crippen molar-refractivity contribution in [1.29, 1.82) is 0 Å². The number of aliphatic hydroxyl groups excluding tert-OH is 1. The Bertz CT molecular complexity index is 523. The normalized spacial score (nSPS) is 21.0. The topological polar surface area (TPSA) is 52.6 Å². The summed E-state index contributed by atoms with van der Waals surface area (Å²) in [6.07, 6.45) is 6.65. The highest BCUT2D eigenvalue weighted by Gasteiger charge is 2.36. The molecule has 0 bridgehead atoms. The van der Waals surface area contributed by atoms with Crippen LogP contribution < -0.4 is 5.32 Å². The molecule has 0 aromatic heterocycles. The van der Waals surface area contributed by atoms with Gasteiger partial charge in [-0.1, -0.05) is 31.0 Å². The number of carbonyl (C=O) groups excluding carboxylic acids is 1. The van der Waals surface area contributed by atoms with Gasteiger partial charge < -0.3 is 15.3 Å². The second-order valence-corrected chi connectivity index (χ2v) is 8.62. The van der Waals surface area contributed by atoms with E-state index in [0.717, 1.165) is 32.5 Å². The van der Waals surface area contributed by atoms with E-state index in [1.165, 1.54) is 30.6 Å². The van der Waals surface area contributed by atoms with Crippen molar-refractivity contribution in [2.45, 2.75) is 48.2 Å². The third-order valence-electron chi connectivity index (χ3n) is 5.31. The largest absolute Gasteiger partial charge is 0.396 e. The van der Waals surface area contributed by atoms with Crippen molar-refractivity contribution in [3.05, 3.63) is 30.3 Å². The fourth-order valence-electron chi connectivity index (χ4n) is 3.74. The van der Waals surface area contributed by atoms with Crippen LogP contribution in [0, 0.1) is 5.92 Å². The lowest BCUT2D eigenvalue weighted by molar-refractivity contribution is 0.137. The summed E-state index contributed by atoms with van der Waals surface area (Å²) in [5.74, 6) is 0.365. The molecule has 2 aliphatic rings. The lowest BCUT2D eigenvalue weighted by Crippen LogP contribution is -2.48. The summed E-state index contributed by atoms with van der Waals surface area (Å²) >= 11 is 1.93. The van der Waals surface area contributed by atoms with Crippen molar-refractivity contribution in [3.8, 4) is 0 Å². The van der Waals surface area contributed by atoms with Gasteiger partial charge in [0.05, 0.1) is 0 Å². The average Bonchev–Trinajstić information content (AvgIpc) is 3.09.